The maximum atomic E-state index is 14.9. The van der Waals surface area contributed by atoms with Crippen molar-refractivity contribution in [3.8, 4) is 22.8 Å². The Bertz CT molecular complexity index is 1320. The van der Waals surface area contributed by atoms with Crippen molar-refractivity contribution in [2.24, 2.45) is 0 Å². The zero-order chi connectivity index (χ0) is 25.9. The van der Waals surface area contributed by atoms with Gasteiger partial charge in [-0.05, 0) is 48.3 Å². The molecule has 2 aromatic carbocycles. The lowest BCUT2D eigenvalue weighted by atomic mass is 10.2. The number of nitrogens with one attached hydrogen (secondary N) is 2. The zero-order valence-electron chi connectivity index (χ0n) is 20.0. The summed E-state index contributed by atoms with van der Waals surface area (Å²) >= 11 is 7.48. The van der Waals surface area contributed by atoms with Crippen LogP contribution in [0.4, 0.5) is 16.0 Å². The molecule has 0 spiro atoms. The Kier molecular flexibility index (Phi) is 9.89. The number of rotatable bonds is 13. The Morgan fingerprint density at radius 3 is 2.73 bits per heavy atom. The smallest absolute Gasteiger partial charge is 0.223 e. The number of methoxy groups -OCH3 is 1. The first-order valence-electron chi connectivity index (χ1n) is 11.4. The number of benzene rings is 2. The minimum atomic E-state index is -0.522. The van der Waals surface area contributed by atoms with Crippen LogP contribution in [-0.4, -0.2) is 48.4 Å². The third kappa shape index (κ3) is 7.77. The van der Waals surface area contributed by atoms with Gasteiger partial charge in [-0.2, -0.15) is 0 Å². The molecule has 0 aliphatic rings. The number of aromatic nitrogens is 3. The Morgan fingerprint density at radius 2 is 1.89 bits per heavy atom. The molecule has 0 saturated carbocycles. The Labute approximate surface area is 223 Å². The van der Waals surface area contributed by atoms with Gasteiger partial charge in [0.05, 0.1) is 36.1 Å². The van der Waals surface area contributed by atoms with Crippen LogP contribution < -0.4 is 14.8 Å². The molecule has 0 saturated heterocycles. The van der Waals surface area contributed by atoms with Crippen LogP contribution in [0.5, 0.6) is 11.5 Å². The summed E-state index contributed by atoms with van der Waals surface area (Å²) in [6.07, 6.45) is 4.82. The normalized spacial score (nSPS) is 10.8. The van der Waals surface area contributed by atoms with E-state index in [1.165, 1.54) is 18.0 Å². The highest BCUT2D eigenvalue weighted by Crippen LogP contribution is 2.34. The molecule has 2 heterocycles. The van der Waals surface area contributed by atoms with Gasteiger partial charge in [-0.25, -0.2) is 14.4 Å². The second-order valence-electron chi connectivity index (χ2n) is 7.55. The summed E-state index contributed by atoms with van der Waals surface area (Å²) in [4.78, 5) is 13.8. The molecular formula is C26H25ClFN5O3S. The quantitative estimate of drug-likeness (QED) is 0.149. The number of halogens is 2. The Hall–Kier alpha value is -3.44. The van der Waals surface area contributed by atoms with Crippen LogP contribution in [0.3, 0.4) is 0 Å². The standard InChI is InChI=1S/C26H25ClFN5O3S/c1-34-14-15-35-13-12-31-26-30-11-8-22(32-26)19-17-29-10-9-23(19)36-24-7-6-18(16-21(24)28)33-37-25-5-3-2-4-20(25)27/h2-11,16-17,33H,12-15H2,1H3,(H,30,31,32). The first-order chi connectivity index (χ1) is 18.1. The van der Waals surface area contributed by atoms with Crippen LogP contribution in [-0.2, 0) is 9.47 Å². The van der Waals surface area contributed by atoms with E-state index in [0.29, 0.717) is 60.0 Å². The van der Waals surface area contributed by atoms with Crippen molar-refractivity contribution in [2.75, 3.05) is 43.5 Å². The van der Waals surface area contributed by atoms with E-state index in [1.54, 1.807) is 56.0 Å². The highest BCUT2D eigenvalue weighted by atomic mass is 35.5. The molecule has 4 rings (SSSR count). The number of nitrogens with zero attached hydrogens (tertiary/aromatic N) is 3. The van der Waals surface area contributed by atoms with Crippen molar-refractivity contribution in [1.82, 2.24) is 15.0 Å². The third-order valence-electron chi connectivity index (χ3n) is 4.94. The maximum Gasteiger partial charge on any atom is 0.223 e. The first-order valence-corrected chi connectivity index (χ1v) is 12.6. The molecule has 0 amide bonds. The summed E-state index contributed by atoms with van der Waals surface area (Å²) in [7, 11) is 1.63. The summed E-state index contributed by atoms with van der Waals surface area (Å²) in [6, 6.07) is 15.5. The summed E-state index contributed by atoms with van der Waals surface area (Å²) in [5, 5.41) is 3.73. The lowest BCUT2D eigenvalue weighted by Crippen LogP contribution is -2.13. The molecule has 0 radical (unpaired) electrons. The van der Waals surface area contributed by atoms with E-state index < -0.39 is 5.82 Å². The van der Waals surface area contributed by atoms with Crippen LogP contribution in [0.1, 0.15) is 0 Å². The van der Waals surface area contributed by atoms with Gasteiger partial charge in [0.2, 0.25) is 5.95 Å². The van der Waals surface area contributed by atoms with Crippen molar-refractivity contribution < 1.29 is 18.6 Å². The average Bonchev–Trinajstić information content (AvgIpc) is 2.92. The van der Waals surface area contributed by atoms with Crippen LogP contribution in [0.15, 0.2) is 78.1 Å². The second kappa shape index (κ2) is 13.8. The molecule has 2 aromatic heterocycles. The van der Waals surface area contributed by atoms with Gasteiger partial charge in [0.25, 0.3) is 0 Å². The summed E-state index contributed by atoms with van der Waals surface area (Å²) < 4.78 is 34.3. The van der Waals surface area contributed by atoms with Crippen molar-refractivity contribution in [3.63, 3.8) is 0 Å². The number of anilines is 2. The summed E-state index contributed by atoms with van der Waals surface area (Å²) in [5.41, 5.74) is 1.75. The molecule has 0 fully saturated rings. The molecule has 0 atom stereocenters. The second-order valence-corrected chi connectivity index (χ2v) is 8.81. The van der Waals surface area contributed by atoms with E-state index in [0.717, 1.165) is 4.90 Å². The SMILES string of the molecule is COCCOCCNc1nccc(-c2cnccc2Oc2ccc(NSc3ccccc3Cl)cc2F)n1. The molecule has 192 valence electrons. The van der Waals surface area contributed by atoms with Crippen LogP contribution in [0.25, 0.3) is 11.3 Å². The molecule has 11 heteroatoms. The molecule has 0 aliphatic heterocycles. The van der Waals surface area contributed by atoms with Gasteiger partial charge in [0, 0.05) is 48.9 Å². The van der Waals surface area contributed by atoms with Crippen LogP contribution in [0.2, 0.25) is 5.02 Å². The van der Waals surface area contributed by atoms with Crippen LogP contribution >= 0.6 is 23.5 Å². The van der Waals surface area contributed by atoms with Gasteiger partial charge in [0.1, 0.15) is 5.75 Å². The number of hydrogen-bond donors (Lipinski definition) is 2. The third-order valence-corrected chi connectivity index (χ3v) is 6.30. The lowest BCUT2D eigenvalue weighted by molar-refractivity contribution is 0.0759. The fourth-order valence-corrected chi connectivity index (χ4v) is 4.06. The molecule has 0 unspecified atom stereocenters. The highest BCUT2D eigenvalue weighted by molar-refractivity contribution is 8.00. The van der Waals surface area contributed by atoms with Gasteiger partial charge in [-0.3, -0.25) is 4.98 Å². The molecule has 0 bridgehead atoms. The predicted molar refractivity (Wildman–Crippen MR) is 144 cm³/mol. The number of hydrogen-bond acceptors (Lipinski definition) is 9. The molecule has 8 nitrogen and oxygen atoms in total. The first kappa shape index (κ1) is 26.6. The fourth-order valence-electron chi connectivity index (χ4n) is 3.14. The number of pyridine rings is 1. The maximum absolute atomic E-state index is 14.9. The summed E-state index contributed by atoms with van der Waals surface area (Å²) in [6.45, 7) is 2.07. The molecular weight excluding hydrogens is 517 g/mol. The topological polar surface area (TPSA) is 90.4 Å². The minimum Gasteiger partial charge on any atom is -0.453 e. The van der Waals surface area contributed by atoms with Crippen molar-refractivity contribution in [1.29, 1.82) is 0 Å². The van der Waals surface area contributed by atoms with Gasteiger partial charge < -0.3 is 24.2 Å². The van der Waals surface area contributed by atoms with Gasteiger partial charge >= 0.3 is 0 Å². The van der Waals surface area contributed by atoms with E-state index >= 15 is 0 Å². The Balaban J connectivity index is 1.42. The monoisotopic (exact) mass is 541 g/mol. The Morgan fingerprint density at radius 1 is 1.00 bits per heavy atom. The molecule has 0 aliphatic carbocycles. The summed E-state index contributed by atoms with van der Waals surface area (Å²) in [5.74, 6) is 0.389. The zero-order valence-corrected chi connectivity index (χ0v) is 21.6. The van der Waals surface area contributed by atoms with E-state index in [9.17, 15) is 4.39 Å². The van der Waals surface area contributed by atoms with E-state index in [2.05, 4.69) is 25.0 Å². The van der Waals surface area contributed by atoms with E-state index in [4.69, 9.17) is 25.8 Å². The van der Waals surface area contributed by atoms with Crippen molar-refractivity contribution in [2.45, 2.75) is 4.90 Å². The molecule has 2 N–H and O–H groups in total. The largest absolute Gasteiger partial charge is 0.453 e. The molecule has 37 heavy (non-hydrogen) atoms. The van der Waals surface area contributed by atoms with Crippen LogP contribution in [0, 0.1) is 5.82 Å². The van der Waals surface area contributed by atoms with E-state index in [1.807, 2.05) is 18.2 Å². The van der Waals surface area contributed by atoms with Gasteiger partial charge in [-0.15, -0.1) is 0 Å². The fraction of sp³-hybridized carbons (Fsp3) is 0.192. The highest BCUT2D eigenvalue weighted by Gasteiger charge is 2.13. The van der Waals surface area contributed by atoms with Gasteiger partial charge in [-0.1, -0.05) is 23.7 Å². The van der Waals surface area contributed by atoms with Crippen molar-refractivity contribution in [3.05, 3.63) is 84.0 Å². The minimum absolute atomic E-state index is 0.0707. The average molecular weight is 542 g/mol. The predicted octanol–water partition coefficient (Wildman–Crippen LogP) is 6.32. The lowest BCUT2D eigenvalue weighted by Gasteiger charge is -2.13. The van der Waals surface area contributed by atoms with E-state index in [-0.39, 0.29) is 5.75 Å². The van der Waals surface area contributed by atoms with Gasteiger partial charge in [0.15, 0.2) is 11.6 Å². The number of ether oxygens (including phenoxy) is 3. The molecule has 4 aromatic rings. The van der Waals surface area contributed by atoms with Crippen molar-refractivity contribution >= 4 is 35.2 Å².